The Morgan fingerprint density at radius 2 is 2.14 bits per heavy atom. The highest BCUT2D eigenvalue weighted by Crippen LogP contribution is 2.62. The third kappa shape index (κ3) is 1.96. The van der Waals surface area contributed by atoms with E-state index in [0.717, 1.165) is 24.3 Å². The number of carbonyl (C=O) groups excluding carboxylic acids is 1. The maximum Gasteiger partial charge on any atom is 0.227 e. The molecule has 0 radical (unpaired) electrons. The number of nitrogens with zero attached hydrogens (tertiary/aromatic N) is 4. The maximum absolute atomic E-state index is 12.0. The van der Waals surface area contributed by atoms with Gasteiger partial charge in [0.1, 0.15) is 5.82 Å². The van der Waals surface area contributed by atoms with Crippen LogP contribution in [0.15, 0.2) is 6.20 Å². The summed E-state index contributed by atoms with van der Waals surface area (Å²) in [5.41, 5.74) is 6.51. The van der Waals surface area contributed by atoms with Crippen LogP contribution >= 0.6 is 0 Å². The molecular weight excluding hydrogens is 278 g/mol. The largest absolute Gasteiger partial charge is 0.369 e. The lowest BCUT2D eigenvalue weighted by Gasteiger charge is -2.54. The van der Waals surface area contributed by atoms with Crippen LogP contribution < -0.4 is 15.5 Å². The number of hydrogen-bond donors (Lipinski definition) is 1. The number of aromatic nitrogens is 2. The first-order valence-corrected chi connectivity index (χ1v) is 7.73. The van der Waals surface area contributed by atoms with Crippen molar-refractivity contribution < 1.29 is 4.79 Å². The van der Waals surface area contributed by atoms with Gasteiger partial charge in [-0.3, -0.25) is 4.79 Å². The van der Waals surface area contributed by atoms with Crippen molar-refractivity contribution in [1.29, 1.82) is 0 Å². The fourth-order valence-corrected chi connectivity index (χ4v) is 4.41. The van der Waals surface area contributed by atoms with Crippen molar-refractivity contribution in [2.75, 3.05) is 37.0 Å². The molecule has 1 aliphatic carbocycles. The van der Waals surface area contributed by atoms with Gasteiger partial charge in [-0.15, -0.1) is 0 Å². The van der Waals surface area contributed by atoms with Gasteiger partial charge in [0, 0.05) is 38.9 Å². The molecule has 1 saturated carbocycles. The predicted octanol–water partition coefficient (Wildman–Crippen LogP) is 1.19. The second-order valence-electron chi connectivity index (χ2n) is 7.69. The summed E-state index contributed by atoms with van der Waals surface area (Å²) in [4.78, 5) is 25.3. The van der Waals surface area contributed by atoms with E-state index in [1.165, 1.54) is 0 Å². The van der Waals surface area contributed by atoms with Gasteiger partial charge in [-0.05, 0) is 24.7 Å². The molecule has 1 aromatic heterocycles. The maximum atomic E-state index is 12.0. The van der Waals surface area contributed by atoms with E-state index in [1.54, 1.807) is 0 Å². The van der Waals surface area contributed by atoms with Crippen LogP contribution in [0.2, 0.25) is 0 Å². The van der Waals surface area contributed by atoms with Crippen molar-refractivity contribution in [2.45, 2.75) is 27.2 Å². The van der Waals surface area contributed by atoms with Crippen molar-refractivity contribution >= 4 is 17.7 Å². The van der Waals surface area contributed by atoms with Crippen LogP contribution in [0, 0.1) is 23.7 Å². The molecule has 6 nitrogen and oxygen atoms in total. The molecule has 3 rings (SSSR count). The quantitative estimate of drug-likeness (QED) is 0.908. The molecule has 2 heterocycles. The third-order valence-electron chi connectivity index (χ3n) is 5.39. The molecule has 6 heteroatoms. The van der Waals surface area contributed by atoms with Gasteiger partial charge in [-0.25, -0.2) is 4.98 Å². The minimum atomic E-state index is -0.407. The number of aryl methyl sites for hydroxylation is 1. The van der Waals surface area contributed by atoms with Crippen molar-refractivity contribution in [3.63, 3.8) is 0 Å². The van der Waals surface area contributed by atoms with Gasteiger partial charge in [0.05, 0.1) is 5.41 Å². The van der Waals surface area contributed by atoms with Crippen LogP contribution in [0.4, 0.5) is 11.8 Å². The molecule has 0 unspecified atom stereocenters. The van der Waals surface area contributed by atoms with E-state index in [1.807, 2.05) is 32.1 Å². The molecular formula is C16H25N5O. The van der Waals surface area contributed by atoms with E-state index in [9.17, 15) is 4.79 Å². The molecule has 0 spiro atoms. The lowest BCUT2D eigenvalue weighted by molar-refractivity contribution is -0.148. The van der Waals surface area contributed by atoms with Gasteiger partial charge in [0.15, 0.2) is 0 Å². The minimum absolute atomic E-state index is 0.152. The highest BCUT2D eigenvalue weighted by atomic mass is 16.1. The zero-order valence-corrected chi connectivity index (χ0v) is 14.1. The number of primary amides is 1. The van der Waals surface area contributed by atoms with E-state index in [2.05, 4.69) is 28.7 Å². The van der Waals surface area contributed by atoms with E-state index >= 15 is 0 Å². The molecule has 1 saturated heterocycles. The summed E-state index contributed by atoms with van der Waals surface area (Å²) in [7, 11) is 3.95. The number of amides is 1. The lowest BCUT2D eigenvalue weighted by atomic mass is 9.48. The Kier molecular flexibility index (Phi) is 3.13. The van der Waals surface area contributed by atoms with Crippen LogP contribution in [0.3, 0.4) is 0 Å². The molecule has 1 aliphatic heterocycles. The molecule has 0 aromatic carbocycles. The number of anilines is 2. The summed E-state index contributed by atoms with van der Waals surface area (Å²) in [6.07, 6.45) is 2.70. The van der Waals surface area contributed by atoms with Crippen molar-refractivity contribution in [3.05, 3.63) is 11.8 Å². The summed E-state index contributed by atoms with van der Waals surface area (Å²) < 4.78 is 0. The van der Waals surface area contributed by atoms with Crippen LogP contribution in [0.1, 0.15) is 25.8 Å². The Balaban J connectivity index is 1.92. The highest BCUT2D eigenvalue weighted by molar-refractivity contribution is 5.84. The average molecular weight is 303 g/mol. The average Bonchev–Trinajstić information content (AvgIpc) is 2.75. The molecule has 1 amide bonds. The van der Waals surface area contributed by atoms with Crippen LogP contribution in [0.25, 0.3) is 0 Å². The Hall–Kier alpha value is -1.85. The number of carbonyl (C=O) groups is 1. The fraction of sp³-hybridized carbons (Fsp3) is 0.688. The molecule has 2 aliphatic rings. The Bertz CT molecular complexity index is 627. The molecule has 1 aromatic rings. The number of fused-ring (bicyclic) bond motifs is 1. The van der Waals surface area contributed by atoms with Gasteiger partial charge in [-0.2, -0.15) is 4.98 Å². The topological polar surface area (TPSA) is 75.4 Å². The second kappa shape index (κ2) is 4.57. The summed E-state index contributed by atoms with van der Waals surface area (Å²) in [6, 6.07) is 0. The van der Waals surface area contributed by atoms with Crippen molar-refractivity contribution in [1.82, 2.24) is 9.97 Å². The van der Waals surface area contributed by atoms with E-state index < -0.39 is 5.41 Å². The first-order valence-electron chi connectivity index (χ1n) is 7.73. The van der Waals surface area contributed by atoms with Crippen LogP contribution in [-0.2, 0) is 4.79 Å². The summed E-state index contributed by atoms with van der Waals surface area (Å²) in [5.74, 6) is 1.71. The molecule has 2 atom stereocenters. The first-order chi connectivity index (χ1) is 10.2. The van der Waals surface area contributed by atoms with Crippen molar-refractivity contribution in [2.24, 2.45) is 22.5 Å². The minimum Gasteiger partial charge on any atom is -0.369 e. The third-order valence-corrected chi connectivity index (χ3v) is 5.39. The first kappa shape index (κ1) is 15.1. The Morgan fingerprint density at radius 3 is 2.64 bits per heavy atom. The number of nitrogens with two attached hydrogens (primary N) is 1. The number of rotatable bonds is 3. The summed E-state index contributed by atoms with van der Waals surface area (Å²) in [5, 5.41) is 0. The second-order valence-corrected chi connectivity index (χ2v) is 7.69. The van der Waals surface area contributed by atoms with E-state index in [0.29, 0.717) is 12.5 Å². The van der Waals surface area contributed by atoms with Gasteiger partial charge in [0.25, 0.3) is 0 Å². The van der Waals surface area contributed by atoms with Crippen molar-refractivity contribution in [3.8, 4) is 0 Å². The monoisotopic (exact) mass is 303 g/mol. The SMILES string of the molecule is Cc1cnc(N2C[C@@H]3C(C)(C)C[C@]3(C(N)=O)C2)nc1N(C)C. The fourth-order valence-electron chi connectivity index (χ4n) is 4.41. The zero-order valence-electron chi connectivity index (χ0n) is 14.1. The highest BCUT2D eigenvalue weighted by Gasteiger charge is 2.66. The molecule has 2 N–H and O–H groups in total. The van der Waals surface area contributed by atoms with Crippen LogP contribution in [-0.4, -0.2) is 43.1 Å². The van der Waals surface area contributed by atoms with Gasteiger partial charge in [-0.1, -0.05) is 13.8 Å². The zero-order chi connectivity index (χ0) is 16.3. The standard InChI is InChI=1S/C16H25N5O/c1-10-6-18-14(19-12(10)20(4)5)21-7-11-15(2,3)8-16(11,9-21)13(17)22/h6,11H,7-9H2,1-5H3,(H2,17,22)/t11-,16+/m1/s1. The normalized spacial score (nSPS) is 29.0. The molecule has 22 heavy (non-hydrogen) atoms. The molecule has 120 valence electrons. The molecule has 0 bridgehead atoms. The van der Waals surface area contributed by atoms with Gasteiger partial charge in [0.2, 0.25) is 11.9 Å². The van der Waals surface area contributed by atoms with Crippen LogP contribution in [0.5, 0.6) is 0 Å². The van der Waals surface area contributed by atoms with E-state index in [-0.39, 0.29) is 17.2 Å². The van der Waals surface area contributed by atoms with Gasteiger partial charge < -0.3 is 15.5 Å². The lowest BCUT2D eigenvalue weighted by Crippen LogP contribution is -2.59. The van der Waals surface area contributed by atoms with Gasteiger partial charge >= 0.3 is 0 Å². The molecule has 2 fully saturated rings. The summed E-state index contributed by atoms with van der Waals surface area (Å²) >= 11 is 0. The predicted molar refractivity (Wildman–Crippen MR) is 86.8 cm³/mol. The van der Waals surface area contributed by atoms with E-state index in [4.69, 9.17) is 5.73 Å². The number of hydrogen-bond acceptors (Lipinski definition) is 5. The smallest absolute Gasteiger partial charge is 0.227 e. The Labute approximate surface area is 131 Å². The Morgan fingerprint density at radius 1 is 1.45 bits per heavy atom. The summed E-state index contributed by atoms with van der Waals surface area (Å²) in [6.45, 7) is 7.85.